The molecule has 0 aliphatic carbocycles. The van der Waals surface area contributed by atoms with Crippen molar-refractivity contribution >= 4 is 44.1 Å². The van der Waals surface area contributed by atoms with E-state index in [1.165, 1.54) is 0 Å². The first-order chi connectivity index (χ1) is 11.9. The highest BCUT2D eigenvalue weighted by Gasteiger charge is 2.21. The number of phenolic OH excluding ortho intramolecular Hbond substituents is 2. The number of sulfone groups is 1. The second-order valence-corrected chi connectivity index (χ2v) is 7.29. The van der Waals surface area contributed by atoms with Gasteiger partial charge in [0.15, 0.2) is 9.84 Å². The molecule has 26 heavy (non-hydrogen) atoms. The molecule has 0 amide bonds. The Balaban J connectivity index is 0.000000662. The summed E-state index contributed by atoms with van der Waals surface area (Å²) in [5, 5.41) is 35.3. The molecule has 0 saturated heterocycles. The molecule has 0 saturated carbocycles. The summed E-state index contributed by atoms with van der Waals surface area (Å²) in [6.45, 7) is 2.17. The summed E-state index contributed by atoms with van der Waals surface area (Å²) >= 11 is 5.42. The highest BCUT2D eigenvalue weighted by molar-refractivity contribution is 7.91. The fourth-order valence-corrected chi connectivity index (χ4v) is 3.49. The summed E-state index contributed by atoms with van der Waals surface area (Å²) in [5.74, 6) is -2.57. The van der Waals surface area contributed by atoms with Gasteiger partial charge in [0, 0.05) is 36.6 Å². The molecular formula is C16H19ClO8S. The minimum Gasteiger partial charge on any atom is -0.507 e. The lowest BCUT2D eigenvalue weighted by Crippen LogP contribution is -2.08. The first-order valence-corrected chi connectivity index (χ1v) is 9.24. The fourth-order valence-electron chi connectivity index (χ4n) is 1.76. The van der Waals surface area contributed by atoms with Gasteiger partial charge in [-0.05, 0) is 0 Å². The molecule has 2 aromatic carbocycles. The number of phenols is 2. The lowest BCUT2D eigenvalue weighted by Gasteiger charge is -2.09. The molecule has 0 aromatic heterocycles. The van der Waals surface area contributed by atoms with Gasteiger partial charge >= 0.3 is 0 Å². The summed E-state index contributed by atoms with van der Waals surface area (Å²) in [7, 11) is -3.70. The molecule has 0 unspecified atom stereocenters. The van der Waals surface area contributed by atoms with Crippen LogP contribution in [0.3, 0.4) is 0 Å². The molecule has 144 valence electrons. The van der Waals surface area contributed by atoms with Gasteiger partial charge in [0.05, 0.1) is 5.75 Å². The van der Waals surface area contributed by atoms with E-state index in [9.17, 15) is 18.6 Å². The molecule has 0 aliphatic rings. The monoisotopic (exact) mass is 406 g/mol. The number of hydrogen-bond acceptors (Lipinski definition) is 6. The largest absolute Gasteiger partial charge is 0.507 e. The SMILES string of the molecule is CC(=O)O.CC(=O)O.O=S(=O)(CCCl)c1cc(O)c2ccccc2c1O. The molecule has 0 heterocycles. The van der Waals surface area contributed by atoms with Crippen LogP contribution in [0.1, 0.15) is 13.8 Å². The first kappa shape index (κ1) is 23.5. The van der Waals surface area contributed by atoms with Crippen LogP contribution >= 0.6 is 11.6 Å². The van der Waals surface area contributed by atoms with Gasteiger partial charge in [0.1, 0.15) is 16.4 Å². The number of carbonyl (C=O) groups is 2. The quantitative estimate of drug-likeness (QED) is 0.448. The van der Waals surface area contributed by atoms with Crippen LogP contribution in [0.5, 0.6) is 11.5 Å². The van der Waals surface area contributed by atoms with Gasteiger partial charge in [-0.25, -0.2) is 8.42 Å². The molecule has 8 nitrogen and oxygen atoms in total. The highest BCUT2D eigenvalue weighted by atomic mass is 35.5. The maximum absolute atomic E-state index is 11.9. The maximum Gasteiger partial charge on any atom is 0.300 e. The van der Waals surface area contributed by atoms with Gasteiger partial charge in [0.2, 0.25) is 0 Å². The highest BCUT2D eigenvalue weighted by Crippen LogP contribution is 2.37. The molecule has 4 N–H and O–H groups in total. The maximum atomic E-state index is 11.9. The number of carboxylic acids is 2. The van der Waals surface area contributed by atoms with E-state index in [2.05, 4.69) is 0 Å². The molecule has 0 bridgehead atoms. The summed E-state index contributed by atoms with van der Waals surface area (Å²) in [6, 6.07) is 7.54. The Morgan fingerprint density at radius 1 is 1.00 bits per heavy atom. The molecule has 0 radical (unpaired) electrons. The standard InChI is InChI=1S/C12H11ClO4S.2C2H4O2/c13-5-6-18(16,17)11-7-10(14)8-3-1-2-4-9(8)12(11)15;2*1-2(3)4/h1-4,7,14-15H,5-6H2;2*1H3,(H,3,4). The third-order valence-corrected chi connectivity index (χ3v) is 4.78. The van der Waals surface area contributed by atoms with Gasteiger partial charge in [-0.1, -0.05) is 24.3 Å². The van der Waals surface area contributed by atoms with Crippen molar-refractivity contribution < 1.29 is 38.4 Å². The number of aromatic hydroxyl groups is 2. The number of halogens is 1. The zero-order chi connectivity index (χ0) is 20.5. The average molecular weight is 407 g/mol. The van der Waals surface area contributed by atoms with E-state index in [0.717, 1.165) is 19.9 Å². The van der Waals surface area contributed by atoms with Crippen LogP contribution in [0.15, 0.2) is 35.2 Å². The third kappa shape index (κ3) is 7.58. The summed E-state index contributed by atoms with van der Waals surface area (Å²) < 4.78 is 23.8. The lowest BCUT2D eigenvalue weighted by molar-refractivity contribution is -0.135. The third-order valence-electron chi connectivity index (χ3n) is 2.64. The second-order valence-electron chi connectivity index (χ2n) is 4.83. The number of benzene rings is 2. The van der Waals surface area contributed by atoms with Crippen molar-refractivity contribution in [2.24, 2.45) is 0 Å². The topological polar surface area (TPSA) is 149 Å². The predicted molar refractivity (Wildman–Crippen MR) is 96.7 cm³/mol. The Morgan fingerprint density at radius 2 is 1.42 bits per heavy atom. The number of fused-ring (bicyclic) bond motifs is 1. The number of rotatable bonds is 3. The van der Waals surface area contributed by atoms with Crippen molar-refractivity contribution in [2.45, 2.75) is 18.7 Å². The van der Waals surface area contributed by atoms with Gasteiger partial charge in [-0.2, -0.15) is 0 Å². The number of aliphatic carboxylic acids is 2. The van der Waals surface area contributed by atoms with Crippen molar-refractivity contribution in [3.05, 3.63) is 30.3 Å². The van der Waals surface area contributed by atoms with Gasteiger partial charge in [-0.3, -0.25) is 9.59 Å². The summed E-state index contributed by atoms with van der Waals surface area (Å²) in [6.07, 6.45) is 0. The number of hydrogen-bond donors (Lipinski definition) is 4. The number of carboxylic acid groups (broad SMARTS) is 2. The van der Waals surface area contributed by atoms with Gasteiger partial charge in [0.25, 0.3) is 11.9 Å². The predicted octanol–water partition coefficient (Wildman–Crippen LogP) is 2.45. The molecule has 2 rings (SSSR count). The Hall–Kier alpha value is -2.52. The van der Waals surface area contributed by atoms with Crippen molar-refractivity contribution in [1.82, 2.24) is 0 Å². The molecular weight excluding hydrogens is 388 g/mol. The zero-order valence-corrected chi connectivity index (χ0v) is 15.6. The molecule has 0 aliphatic heterocycles. The summed E-state index contributed by atoms with van der Waals surface area (Å²) in [4.78, 5) is 17.7. The van der Waals surface area contributed by atoms with E-state index in [1.807, 2.05) is 0 Å². The molecule has 0 fully saturated rings. The normalized spacial score (nSPS) is 10.1. The van der Waals surface area contributed by atoms with Crippen molar-refractivity contribution in [3.63, 3.8) is 0 Å². The Bertz CT molecular complexity index is 857. The van der Waals surface area contributed by atoms with Crippen molar-refractivity contribution in [2.75, 3.05) is 11.6 Å². The first-order valence-electron chi connectivity index (χ1n) is 7.05. The molecule has 10 heteroatoms. The smallest absolute Gasteiger partial charge is 0.300 e. The minimum absolute atomic E-state index is 0.0740. The van der Waals surface area contributed by atoms with Crippen molar-refractivity contribution in [1.29, 1.82) is 0 Å². The van der Waals surface area contributed by atoms with E-state index < -0.39 is 21.8 Å². The Kier molecular flexibility index (Phi) is 9.45. The zero-order valence-electron chi connectivity index (χ0n) is 14.0. The van der Waals surface area contributed by atoms with Crippen LogP contribution in [-0.4, -0.2) is 52.4 Å². The van der Waals surface area contributed by atoms with E-state index in [4.69, 9.17) is 31.4 Å². The average Bonchev–Trinajstić information content (AvgIpc) is 2.49. The van der Waals surface area contributed by atoms with E-state index >= 15 is 0 Å². The van der Waals surface area contributed by atoms with Crippen LogP contribution < -0.4 is 0 Å². The Labute approximate surface area is 155 Å². The molecule has 0 spiro atoms. The van der Waals surface area contributed by atoms with E-state index in [1.54, 1.807) is 24.3 Å². The molecule has 0 atom stereocenters. The van der Waals surface area contributed by atoms with Crippen LogP contribution in [0.25, 0.3) is 10.8 Å². The van der Waals surface area contributed by atoms with E-state index in [0.29, 0.717) is 10.8 Å². The summed E-state index contributed by atoms with van der Waals surface area (Å²) in [5.41, 5.74) is 0. The van der Waals surface area contributed by atoms with Crippen LogP contribution in [0.4, 0.5) is 0 Å². The van der Waals surface area contributed by atoms with Gasteiger partial charge < -0.3 is 20.4 Å². The Morgan fingerprint density at radius 3 is 1.85 bits per heavy atom. The fraction of sp³-hybridized carbons (Fsp3) is 0.250. The number of alkyl halides is 1. The van der Waals surface area contributed by atoms with Gasteiger partial charge in [-0.15, -0.1) is 11.6 Å². The minimum atomic E-state index is -3.70. The molecule has 2 aromatic rings. The van der Waals surface area contributed by atoms with Crippen molar-refractivity contribution in [3.8, 4) is 11.5 Å². The van der Waals surface area contributed by atoms with Crippen LogP contribution in [-0.2, 0) is 19.4 Å². The second kappa shape index (κ2) is 10.5. The lowest BCUT2D eigenvalue weighted by atomic mass is 10.1. The van der Waals surface area contributed by atoms with Crippen LogP contribution in [0, 0.1) is 0 Å². The van der Waals surface area contributed by atoms with E-state index in [-0.39, 0.29) is 28.0 Å². The van der Waals surface area contributed by atoms with Crippen LogP contribution in [0.2, 0.25) is 0 Å².